The van der Waals surface area contributed by atoms with Crippen molar-refractivity contribution in [3.63, 3.8) is 0 Å². The van der Waals surface area contributed by atoms with Crippen molar-refractivity contribution >= 4 is 44.5 Å². The minimum atomic E-state index is -4.04. The fourth-order valence-corrected chi connectivity index (χ4v) is 7.23. The van der Waals surface area contributed by atoms with E-state index in [4.69, 9.17) is 21.1 Å². The molecule has 232 valence electrons. The van der Waals surface area contributed by atoms with Gasteiger partial charge in [-0.15, -0.1) is 0 Å². The van der Waals surface area contributed by atoms with Crippen LogP contribution in [0.1, 0.15) is 45.6 Å². The first-order valence-corrected chi connectivity index (χ1v) is 16.5. The molecule has 1 saturated heterocycles. The molecule has 1 aromatic heterocycles. The summed E-state index contributed by atoms with van der Waals surface area (Å²) >= 11 is 6.28. The fraction of sp³-hybridized carbons (Fsp3) is 0.333. The Morgan fingerprint density at radius 3 is 2.32 bits per heavy atom. The van der Waals surface area contributed by atoms with Gasteiger partial charge in [0.2, 0.25) is 10.0 Å². The molecule has 3 aromatic carbocycles. The van der Waals surface area contributed by atoms with E-state index in [1.165, 1.54) is 4.90 Å². The quantitative estimate of drug-likeness (QED) is 0.236. The summed E-state index contributed by atoms with van der Waals surface area (Å²) in [5, 5.41) is 0.442. The van der Waals surface area contributed by atoms with Crippen LogP contribution in [0.25, 0.3) is 10.9 Å². The molecule has 0 saturated carbocycles. The molecule has 0 bridgehead atoms. The van der Waals surface area contributed by atoms with Crippen molar-refractivity contribution in [3.05, 3.63) is 99.7 Å². The largest absolute Gasteiger partial charge is 0.491 e. The van der Waals surface area contributed by atoms with Gasteiger partial charge in [0.25, 0.3) is 5.91 Å². The first kappa shape index (κ1) is 31.4. The van der Waals surface area contributed by atoms with Crippen LogP contribution in [-0.2, 0) is 27.9 Å². The summed E-state index contributed by atoms with van der Waals surface area (Å²) < 4.78 is 42.4. The van der Waals surface area contributed by atoms with E-state index in [2.05, 4.69) is 4.72 Å². The van der Waals surface area contributed by atoms with Crippen LogP contribution in [0.4, 0.5) is 4.79 Å². The molecule has 1 aliphatic rings. The standard InChI is InChI=1S/C33H36ClN3O6S/c1-22-8-7-9-23(2)31(22)42-19-18-37-29-13-12-26(34)20-28(29)24(3)30(37)32(38)35-44(40,41)27-14-16-36(17-15-27)33(39)43-21-25-10-5-4-6-11-25/h4-13,20,27H,14-19,21H2,1-3H3,(H,35,38). The highest BCUT2D eigenvalue weighted by atomic mass is 35.5. The van der Waals surface area contributed by atoms with Crippen molar-refractivity contribution in [3.8, 4) is 5.75 Å². The fourth-order valence-electron chi connectivity index (χ4n) is 5.71. The maximum atomic E-state index is 13.7. The Bertz CT molecular complexity index is 1760. The summed E-state index contributed by atoms with van der Waals surface area (Å²) in [5.74, 6) is 0.0687. The van der Waals surface area contributed by atoms with E-state index in [0.717, 1.165) is 33.3 Å². The number of piperidine rings is 1. The van der Waals surface area contributed by atoms with Gasteiger partial charge in [-0.3, -0.25) is 4.79 Å². The number of ether oxygens (including phenoxy) is 2. The number of likely N-dealkylation sites (tertiary alicyclic amines) is 1. The molecule has 9 nitrogen and oxygen atoms in total. The SMILES string of the molecule is Cc1cccc(C)c1OCCn1c(C(=O)NS(=O)(=O)C2CCN(C(=O)OCc3ccccc3)CC2)c(C)c2cc(Cl)ccc21. The van der Waals surface area contributed by atoms with Crippen LogP contribution in [-0.4, -0.2) is 54.8 Å². The number of hydrogen-bond acceptors (Lipinski definition) is 6. The molecule has 0 unspecified atom stereocenters. The molecule has 0 spiro atoms. The Labute approximate surface area is 262 Å². The normalized spacial score (nSPS) is 14.0. The zero-order valence-corrected chi connectivity index (χ0v) is 26.6. The van der Waals surface area contributed by atoms with E-state index >= 15 is 0 Å². The number of aromatic nitrogens is 1. The number of aryl methyl sites for hydroxylation is 3. The van der Waals surface area contributed by atoms with Gasteiger partial charge < -0.3 is 18.9 Å². The maximum absolute atomic E-state index is 13.7. The average Bonchev–Trinajstić information content (AvgIpc) is 3.28. The number of sulfonamides is 1. The van der Waals surface area contributed by atoms with Crippen molar-refractivity contribution in [1.82, 2.24) is 14.2 Å². The summed E-state index contributed by atoms with van der Waals surface area (Å²) in [6.07, 6.45) is -0.121. The number of carbonyl (C=O) groups is 2. The number of fused-ring (bicyclic) bond motifs is 1. The maximum Gasteiger partial charge on any atom is 0.410 e. The summed E-state index contributed by atoms with van der Waals surface area (Å²) in [4.78, 5) is 27.7. The molecule has 0 atom stereocenters. The Morgan fingerprint density at radius 2 is 1.64 bits per heavy atom. The number of para-hydroxylation sites is 1. The molecule has 2 heterocycles. The van der Waals surface area contributed by atoms with Crippen LogP contribution >= 0.6 is 11.6 Å². The molecule has 0 aliphatic carbocycles. The van der Waals surface area contributed by atoms with Crippen LogP contribution in [0, 0.1) is 20.8 Å². The highest BCUT2D eigenvalue weighted by Gasteiger charge is 2.34. The van der Waals surface area contributed by atoms with E-state index in [-0.39, 0.29) is 44.8 Å². The van der Waals surface area contributed by atoms with Gasteiger partial charge in [0.05, 0.1) is 11.8 Å². The number of nitrogens with zero attached hydrogens (tertiary/aromatic N) is 2. The third kappa shape index (κ3) is 6.87. The van der Waals surface area contributed by atoms with Crippen LogP contribution in [0.15, 0.2) is 66.7 Å². The lowest BCUT2D eigenvalue weighted by molar-refractivity contribution is 0.0892. The first-order chi connectivity index (χ1) is 21.0. The van der Waals surface area contributed by atoms with Crippen molar-refractivity contribution in [2.24, 2.45) is 0 Å². The lowest BCUT2D eigenvalue weighted by atomic mass is 10.1. The summed E-state index contributed by atoms with van der Waals surface area (Å²) in [5.41, 5.74) is 4.49. The second kappa shape index (κ2) is 13.3. The predicted molar refractivity (Wildman–Crippen MR) is 171 cm³/mol. The van der Waals surface area contributed by atoms with Crippen LogP contribution in [0.5, 0.6) is 5.75 Å². The van der Waals surface area contributed by atoms with E-state index in [1.807, 2.05) is 68.4 Å². The summed E-state index contributed by atoms with van der Waals surface area (Å²) in [6, 6.07) is 20.6. The van der Waals surface area contributed by atoms with Crippen LogP contribution in [0.3, 0.4) is 0 Å². The molecular weight excluding hydrogens is 602 g/mol. The minimum Gasteiger partial charge on any atom is -0.491 e. The topological polar surface area (TPSA) is 107 Å². The number of hydrogen-bond donors (Lipinski definition) is 1. The molecule has 11 heteroatoms. The molecule has 4 aromatic rings. The van der Waals surface area contributed by atoms with Gasteiger partial charge in [-0.25, -0.2) is 17.9 Å². The number of carbonyl (C=O) groups excluding carboxylic acids is 2. The zero-order chi connectivity index (χ0) is 31.4. The number of halogens is 1. The Hall–Kier alpha value is -4.02. The summed E-state index contributed by atoms with van der Waals surface area (Å²) in [7, 11) is -4.04. The first-order valence-electron chi connectivity index (χ1n) is 14.5. The zero-order valence-electron chi connectivity index (χ0n) is 25.0. The van der Waals surface area contributed by atoms with Gasteiger partial charge in [-0.05, 0) is 74.1 Å². The van der Waals surface area contributed by atoms with Gasteiger partial charge in [0.15, 0.2) is 0 Å². The number of nitrogens with one attached hydrogen (secondary N) is 1. The number of amides is 2. The molecular formula is C33H36ClN3O6S. The summed E-state index contributed by atoms with van der Waals surface area (Å²) in [6.45, 7) is 6.87. The van der Waals surface area contributed by atoms with Crippen LogP contribution < -0.4 is 9.46 Å². The molecule has 1 fully saturated rings. The molecule has 1 N–H and O–H groups in total. The highest BCUT2D eigenvalue weighted by molar-refractivity contribution is 7.90. The van der Waals surface area contributed by atoms with E-state index in [1.54, 1.807) is 23.6 Å². The van der Waals surface area contributed by atoms with E-state index in [0.29, 0.717) is 17.1 Å². The van der Waals surface area contributed by atoms with Crippen molar-refractivity contribution < 1.29 is 27.5 Å². The van der Waals surface area contributed by atoms with Crippen LogP contribution in [0.2, 0.25) is 5.02 Å². The monoisotopic (exact) mass is 637 g/mol. The van der Waals surface area contributed by atoms with Gasteiger partial charge in [0.1, 0.15) is 24.7 Å². The van der Waals surface area contributed by atoms with Crippen molar-refractivity contribution in [2.45, 2.75) is 52.0 Å². The molecule has 2 amide bonds. The molecule has 1 aliphatic heterocycles. The Kier molecular flexibility index (Phi) is 9.51. The third-order valence-corrected chi connectivity index (χ3v) is 10.1. The molecule has 44 heavy (non-hydrogen) atoms. The van der Waals surface area contributed by atoms with E-state index in [9.17, 15) is 18.0 Å². The van der Waals surface area contributed by atoms with Gasteiger partial charge in [-0.2, -0.15) is 0 Å². The minimum absolute atomic E-state index is 0.141. The number of benzene rings is 3. The predicted octanol–water partition coefficient (Wildman–Crippen LogP) is 6.16. The number of rotatable bonds is 9. The Balaban J connectivity index is 1.27. The molecule has 0 radical (unpaired) electrons. The lowest BCUT2D eigenvalue weighted by Gasteiger charge is -2.31. The van der Waals surface area contributed by atoms with Gasteiger partial charge >= 0.3 is 6.09 Å². The smallest absolute Gasteiger partial charge is 0.410 e. The average molecular weight is 638 g/mol. The highest BCUT2D eigenvalue weighted by Crippen LogP contribution is 2.30. The second-order valence-electron chi connectivity index (χ2n) is 11.1. The van der Waals surface area contributed by atoms with Crippen molar-refractivity contribution in [2.75, 3.05) is 19.7 Å². The third-order valence-electron chi connectivity index (χ3n) is 8.04. The van der Waals surface area contributed by atoms with Gasteiger partial charge in [-0.1, -0.05) is 60.1 Å². The lowest BCUT2D eigenvalue weighted by Crippen LogP contribution is -2.47. The second-order valence-corrected chi connectivity index (χ2v) is 13.5. The van der Waals surface area contributed by atoms with E-state index < -0.39 is 27.3 Å². The Morgan fingerprint density at radius 1 is 0.955 bits per heavy atom. The van der Waals surface area contributed by atoms with Gasteiger partial charge in [0, 0.05) is 29.0 Å². The molecule has 5 rings (SSSR count). The van der Waals surface area contributed by atoms with Crippen molar-refractivity contribution in [1.29, 1.82) is 0 Å².